The third-order valence-electron chi connectivity index (χ3n) is 4.90. The van der Waals surface area contributed by atoms with Gasteiger partial charge in [-0.2, -0.15) is 0 Å². The first-order valence-electron chi connectivity index (χ1n) is 9.08. The van der Waals surface area contributed by atoms with Crippen LogP contribution in [0.2, 0.25) is 0 Å². The van der Waals surface area contributed by atoms with Crippen LogP contribution in [0.15, 0.2) is 35.6 Å². The smallest absolute Gasteiger partial charge is 0.232 e. The van der Waals surface area contributed by atoms with Crippen molar-refractivity contribution in [1.29, 1.82) is 0 Å². The van der Waals surface area contributed by atoms with Crippen molar-refractivity contribution in [3.8, 4) is 22.2 Å². The number of hydrogen-bond acceptors (Lipinski definition) is 7. The first-order valence-corrected chi connectivity index (χ1v) is 9.89. The number of aryl methyl sites for hydroxylation is 1. The Morgan fingerprint density at radius 3 is 3.03 bits per heavy atom. The normalized spacial score (nSPS) is 15.2. The van der Waals surface area contributed by atoms with Crippen LogP contribution in [0.5, 0.6) is 11.6 Å². The van der Waals surface area contributed by atoms with Gasteiger partial charge in [-0.05, 0) is 42.3 Å². The minimum absolute atomic E-state index is 0.129. The number of benzene rings is 2. The maximum atomic E-state index is 8.56. The molecular formula is C20H16N6O2S. The second-order valence-corrected chi connectivity index (χ2v) is 7.86. The van der Waals surface area contributed by atoms with Crippen LogP contribution in [-0.4, -0.2) is 34.7 Å². The maximum Gasteiger partial charge on any atom is 0.232 e. The SMILES string of the molecule is COc1cnc2c(-c3nc4ccc5c(c4s3)CC(CN=[N+]=[N-])O5)cc(C)cc2n1. The molecule has 0 radical (unpaired) electrons. The van der Waals surface area contributed by atoms with Crippen LogP contribution in [0.3, 0.4) is 0 Å². The molecule has 1 aliphatic heterocycles. The zero-order valence-corrected chi connectivity index (χ0v) is 16.6. The molecule has 3 heterocycles. The Balaban J connectivity index is 1.63. The number of azide groups is 1. The molecule has 1 unspecified atom stereocenters. The third kappa shape index (κ3) is 3.00. The summed E-state index contributed by atoms with van der Waals surface area (Å²) in [6, 6.07) is 7.99. The Bertz CT molecular complexity index is 1310. The van der Waals surface area contributed by atoms with Crippen molar-refractivity contribution in [2.24, 2.45) is 5.11 Å². The van der Waals surface area contributed by atoms with Crippen molar-refractivity contribution < 1.29 is 9.47 Å². The van der Waals surface area contributed by atoms with Crippen LogP contribution in [0.1, 0.15) is 11.1 Å². The average Bonchev–Trinajstić information content (AvgIpc) is 3.34. The molecule has 1 aliphatic rings. The van der Waals surface area contributed by atoms with Gasteiger partial charge in [0.2, 0.25) is 5.88 Å². The first-order chi connectivity index (χ1) is 14.2. The van der Waals surface area contributed by atoms with Gasteiger partial charge in [0.25, 0.3) is 0 Å². The lowest BCUT2D eigenvalue weighted by Gasteiger charge is -2.06. The van der Waals surface area contributed by atoms with E-state index in [1.807, 2.05) is 25.1 Å². The zero-order valence-electron chi connectivity index (χ0n) is 15.8. The number of aromatic nitrogens is 3. The average molecular weight is 404 g/mol. The van der Waals surface area contributed by atoms with E-state index in [1.165, 1.54) is 0 Å². The lowest BCUT2D eigenvalue weighted by Crippen LogP contribution is -2.16. The van der Waals surface area contributed by atoms with E-state index < -0.39 is 0 Å². The van der Waals surface area contributed by atoms with Gasteiger partial charge in [-0.25, -0.2) is 15.0 Å². The van der Waals surface area contributed by atoms with Crippen molar-refractivity contribution in [2.75, 3.05) is 13.7 Å². The second kappa shape index (κ2) is 6.88. The van der Waals surface area contributed by atoms with Crippen LogP contribution in [0, 0.1) is 6.92 Å². The summed E-state index contributed by atoms with van der Waals surface area (Å²) in [7, 11) is 1.58. The summed E-state index contributed by atoms with van der Waals surface area (Å²) < 4.78 is 12.2. The van der Waals surface area contributed by atoms with Gasteiger partial charge in [-0.3, -0.25) is 0 Å². The molecule has 0 bridgehead atoms. The first kappa shape index (κ1) is 17.7. The van der Waals surface area contributed by atoms with E-state index in [0.29, 0.717) is 18.8 Å². The third-order valence-corrected chi connectivity index (χ3v) is 6.06. The molecule has 0 spiro atoms. The number of hydrogen-bond donors (Lipinski definition) is 0. The summed E-state index contributed by atoms with van der Waals surface area (Å²) in [4.78, 5) is 16.8. The van der Waals surface area contributed by atoms with Crippen LogP contribution in [-0.2, 0) is 6.42 Å². The van der Waals surface area contributed by atoms with Gasteiger partial charge in [0.05, 0.1) is 41.1 Å². The lowest BCUT2D eigenvalue weighted by molar-refractivity contribution is 0.241. The zero-order chi connectivity index (χ0) is 20.0. The lowest BCUT2D eigenvalue weighted by atomic mass is 10.1. The summed E-state index contributed by atoms with van der Waals surface area (Å²) in [5.74, 6) is 1.32. The Morgan fingerprint density at radius 2 is 2.21 bits per heavy atom. The maximum absolute atomic E-state index is 8.56. The molecule has 1 atom stereocenters. The highest BCUT2D eigenvalue weighted by molar-refractivity contribution is 7.22. The van der Waals surface area contributed by atoms with E-state index in [1.54, 1.807) is 24.6 Å². The Morgan fingerprint density at radius 1 is 1.31 bits per heavy atom. The summed E-state index contributed by atoms with van der Waals surface area (Å²) in [6.45, 7) is 2.35. The molecule has 0 saturated carbocycles. The molecule has 9 heteroatoms. The number of rotatable bonds is 4. The van der Waals surface area contributed by atoms with Crippen LogP contribution in [0.4, 0.5) is 0 Å². The number of methoxy groups -OCH3 is 1. The number of nitrogens with zero attached hydrogens (tertiary/aromatic N) is 6. The molecule has 144 valence electrons. The quantitative estimate of drug-likeness (QED) is 0.275. The molecule has 4 aromatic rings. The summed E-state index contributed by atoms with van der Waals surface area (Å²) in [6.07, 6.45) is 2.20. The van der Waals surface area contributed by atoms with E-state index in [0.717, 1.165) is 48.7 Å². The van der Waals surface area contributed by atoms with Crippen LogP contribution >= 0.6 is 11.3 Å². The summed E-state index contributed by atoms with van der Waals surface area (Å²) in [5, 5.41) is 4.53. The Kier molecular flexibility index (Phi) is 4.19. The fourth-order valence-electron chi connectivity index (χ4n) is 3.63. The molecule has 2 aromatic heterocycles. The summed E-state index contributed by atoms with van der Waals surface area (Å²) in [5.41, 5.74) is 14.2. The highest BCUT2D eigenvalue weighted by Crippen LogP contribution is 2.41. The van der Waals surface area contributed by atoms with E-state index in [-0.39, 0.29) is 6.10 Å². The predicted molar refractivity (Wildman–Crippen MR) is 112 cm³/mol. The van der Waals surface area contributed by atoms with Gasteiger partial charge in [-0.15, -0.1) is 11.3 Å². The van der Waals surface area contributed by atoms with Gasteiger partial charge in [0.15, 0.2) is 0 Å². The molecular weight excluding hydrogens is 388 g/mol. The number of ether oxygens (including phenoxy) is 2. The van der Waals surface area contributed by atoms with Crippen molar-refractivity contribution in [3.63, 3.8) is 0 Å². The van der Waals surface area contributed by atoms with Crippen molar-refractivity contribution >= 4 is 32.6 Å². The van der Waals surface area contributed by atoms with Gasteiger partial charge in [-0.1, -0.05) is 5.11 Å². The van der Waals surface area contributed by atoms with Crippen molar-refractivity contribution in [1.82, 2.24) is 15.0 Å². The highest BCUT2D eigenvalue weighted by atomic mass is 32.1. The topological polar surface area (TPSA) is 106 Å². The van der Waals surface area contributed by atoms with Crippen LogP contribution < -0.4 is 9.47 Å². The fraction of sp³-hybridized carbons (Fsp3) is 0.250. The Hall–Kier alpha value is -3.42. The molecule has 8 nitrogen and oxygen atoms in total. The van der Waals surface area contributed by atoms with Gasteiger partial charge >= 0.3 is 0 Å². The minimum Gasteiger partial charge on any atom is -0.490 e. The molecule has 0 N–H and O–H groups in total. The minimum atomic E-state index is -0.129. The molecule has 0 saturated heterocycles. The van der Waals surface area contributed by atoms with Gasteiger partial charge in [0, 0.05) is 22.5 Å². The largest absolute Gasteiger partial charge is 0.490 e. The van der Waals surface area contributed by atoms with E-state index >= 15 is 0 Å². The molecule has 0 amide bonds. The van der Waals surface area contributed by atoms with Gasteiger partial charge in [0.1, 0.15) is 16.9 Å². The molecule has 0 fully saturated rings. The fourth-order valence-corrected chi connectivity index (χ4v) is 4.76. The van der Waals surface area contributed by atoms with E-state index in [4.69, 9.17) is 20.0 Å². The molecule has 0 aliphatic carbocycles. The molecule has 5 rings (SSSR count). The van der Waals surface area contributed by atoms with E-state index in [9.17, 15) is 0 Å². The standard InChI is InChI=1S/C20H16N6O2S/c1-10-5-13(18-15(6-10)24-17(27-2)9-22-18)20-25-14-3-4-16-12(19(14)29-20)7-11(28-16)8-23-26-21/h3-6,9,11H,7-8H2,1-2H3. The monoisotopic (exact) mass is 404 g/mol. The predicted octanol–water partition coefficient (Wildman–Crippen LogP) is 4.84. The highest BCUT2D eigenvalue weighted by Gasteiger charge is 2.26. The molecule has 29 heavy (non-hydrogen) atoms. The molecule has 2 aromatic carbocycles. The number of thiazole rings is 1. The van der Waals surface area contributed by atoms with E-state index in [2.05, 4.69) is 26.1 Å². The summed E-state index contributed by atoms with van der Waals surface area (Å²) >= 11 is 1.62. The number of fused-ring (bicyclic) bond motifs is 4. The van der Waals surface area contributed by atoms with Crippen LogP contribution in [0.25, 0.3) is 42.3 Å². The van der Waals surface area contributed by atoms with Gasteiger partial charge < -0.3 is 9.47 Å². The van der Waals surface area contributed by atoms with Crippen molar-refractivity contribution in [2.45, 2.75) is 19.4 Å². The Labute approximate surface area is 169 Å². The second-order valence-electron chi connectivity index (χ2n) is 6.86. The van der Waals surface area contributed by atoms with Crippen molar-refractivity contribution in [3.05, 3.63) is 52.0 Å².